The van der Waals surface area contributed by atoms with E-state index in [1.165, 1.54) is 6.42 Å². The molecular formula is C23H32N2O3Si. The molecule has 29 heavy (non-hydrogen) atoms. The number of nitrogens with zero attached hydrogens (tertiary/aromatic N) is 2. The van der Waals surface area contributed by atoms with E-state index in [0.29, 0.717) is 24.1 Å². The average Bonchev–Trinajstić information content (AvgIpc) is 3.25. The van der Waals surface area contributed by atoms with E-state index in [1.54, 1.807) is 0 Å². The molecular weight excluding hydrogens is 380 g/mol. The molecule has 1 aliphatic heterocycles. The Kier molecular flexibility index (Phi) is 5.19. The first-order valence-corrected chi connectivity index (χ1v) is 14.1. The maximum absolute atomic E-state index is 6.76. The fraction of sp³-hybridized carbons (Fsp3) is 0.565. The molecule has 1 saturated carbocycles. The van der Waals surface area contributed by atoms with Crippen LogP contribution in [0.5, 0.6) is 0 Å². The van der Waals surface area contributed by atoms with Crippen molar-refractivity contribution in [1.82, 2.24) is 4.98 Å². The number of aliphatic imine (C=N–C) groups is 1. The van der Waals surface area contributed by atoms with Crippen molar-refractivity contribution in [3.8, 4) is 11.3 Å². The summed E-state index contributed by atoms with van der Waals surface area (Å²) >= 11 is 0. The Bertz CT molecular complexity index is 891. The van der Waals surface area contributed by atoms with Crippen LogP contribution < -0.4 is 0 Å². The SMILES string of the molecule is CC1(C)COC(c2nc(C3(O[Si](C)(C)C)CCCCC3)oc2-c2ccccc2)=N1. The van der Waals surface area contributed by atoms with Gasteiger partial charge in [-0.05, 0) is 46.3 Å². The highest BCUT2D eigenvalue weighted by Crippen LogP contribution is 2.44. The molecule has 6 heteroatoms. The topological polar surface area (TPSA) is 56.9 Å². The summed E-state index contributed by atoms with van der Waals surface area (Å²) in [5, 5.41) is 0. The normalized spacial score (nSPS) is 20.9. The van der Waals surface area contributed by atoms with Crippen LogP contribution in [-0.4, -0.2) is 31.3 Å². The molecule has 2 heterocycles. The predicted octanol–water partition coefficient (Wildman–Crippen LogP) is 5.91. The van der Waals surface area contributed by atoms with Crippen LogP contribution in [0, 0.1) is 0 Å². The fourth-order valence-corrected chi connectivity index (χ4v) is 5.68. The monoisotopic (exact) mass is 412 g/mol. The third kappa shape index (κ3) is 4.33. The van der Waals surface area contributed by atoms with Crippen LogP contribution >= 0.6 is 0 Å². The second kappa shape index (κ2) is 7.40. The number of hydrogen-bond acceptors (Lipinski definition) is 5. The summed E-state index contributed by atoms with van der Waals surface area (Å²) in [6, 6.07) is 10.1. The Morgan fingerprint density at radius 3 is 2.28 bits per heavy atom. The quantitative estimate of drug-likeness (QED) is 0.573. The summed E-state index contributed by atoms with van der Waals surface area (Å²) in [6.07, 6.45) is 5.40. The Labute approximate surface area is 174 Å². The fourth-order valence-electron chi connectivity index (χ4n) is 4.22. The second-order valence-electron chi connectivity index (χ2n) is 9.85. The molecule has 1 aliphatic carbocycles. The van der Waals surface area contributed by atoms with Crippen molar-refractivity contribution in [3.63, 3.8) is 0 Å². The Balaban J connectivity index is 1.84. The molecule has 0 N–H and O–H groups in total. The van der Waals surface area contributed by atoms with E-state index < -0.39 is 13.9 Å². The molecule has 1 aromatic heterocycles. The van der Waals surface area contributed by atoms with Crippen LogP contribution in [0.1, 0.15) is 57.5 Å². The van der Waals surface area contributed by atoms with Gasteiger partial charge in [0.05, 0.1) is 5.54 Å². The Morgan fingerprint density at radius 1 is 1.00 bits per heavy atom. The molecule has 0 unspecified atom stereocenters. The van der Waals surface area contributed by atoms with E-state index in [1.807, 2.05) is 30.3 Å². The molecule has 2 aromatic rings. The molecule has 0 spiro atoms. The Morgan fingerprint density at radius 2 is 1.69 bits per heavy atom. The number of benzene rings is 1. The summed E-state index contributed by atoms with van der Waals surface area (Å²) in [5.74, 6) is 1.98. The van der Waals surface area contributed by atoms with Crippen molar-refractivity contribution in [1.29, 1.82) is 0 Å². The number of hydrogen-bond donors (Lipinski definition) is 0. The van der Waals surface area contributed by atoms with Crippen molar-refractivity contribution >= 4 is 14.2 Å². The third-order valence-electron chi connectivity index (χ3n) is 5.38. The van der Waals surface area contributed by atoms with Crippen LogP contribution in [0.3, 0.4) is 0 Å². The van der Waals surface area contributed by atoms with Crippen LogP contribution in [0.25, 0.3) is 11.3 Å². The molecule has 156 valence electrons. The van der Waals surface area contributed by atoms with Gasteiger partial charge in [-0.25, -0.2) is 9.98 Å². The number of aromatic nitrogens is 1. The molecule has 0 radical (unpaired) electrons. The van der Waals surface area contributed by atoms with Crippen LogP contribution in [-0.2, 0) is 14.8 Å². The first kappa shape index (κ1) is 20.4. The van der Waals surface area contributed by atoms with Gasteiger partial charge in [0.15, 0.2) is 19.8 Å². The van der Waals surface area contributed by atoms with E-state index in [4.69, 9.17) is 23.6 Å². The number of rotatable bonds is 5. The molecule has 0 bridgehead atoms. The van der Waals surface area contributed by atoms with Crippen molar-refractivity contribution in [2.75, 3.05) is 6.61 Å². The van der Waals surface area contributed by atoms with Gasteiger partial charge in [0.2, 0.25) is 11.8 Å². The third-order valence-corrected chi connectivity index (χ3v) is 6.39. The van der Waals surface area contributed by atoms with E-state index in [9.17, 15) is 0 Å². The molecule has 5 nitrogen and oxygen atoms in total. The largest absolute Gasteiger partial charge is 0.474 e. The number of oxazole rings is 1. The minimum atomic E-state index is -1.80. The highest BCUT2D eigenvalue weighted by Gasteiger charge is 2.44. The molecule has 1 aromatic carbocycles. The smallest absolute Gasteiger partial charge is 0.240 e. The lowest BCUT2D eigenvalue weighted by molar-refractivity contribution is -0.00590. The lowest BCUT2D eigenvalue weighted by Crippen LogP contribution is -2.42. The molecule has 4 rings (SSSR count). The van der Waals surface area contributed by atoms with Gasteiger partial charge in [-0.15, -0.1) is 0 Å². The minimum Gasteiger partial charge on any atom is -0.474 e. The highest BCUT2D eigenvalue weighted by atomic mass is 28.4. The molecule has 0 amide bonds. The second-order valence-corrected chi connectivity index (χ2v) is 14.3. The van der Waals surface area contributed by atoms with E-state index in [2.05, 4.69) is 33.5 Å². The van der Waals surface area contributed by atoms with Crippen molar-refractivity contribution in [3.05, 3.63) is 41.9 Å². The maximum atomic E-state index is 6.76. The van der Waals surface area contributed by atoms with Gasteiger partial charge in [-0.1, -0.05) is 49.6 Å². The first-order valence-electron chi connectivity index (χ1n) is 10.7. The van der Waals surface area contributed by atoms with Crippen LogP contribution in [0.4, 0.5) is 0 Å². The molecule has 0 atom stereocenters. The summed E-state index contributed by atoms with van der Waals surface area (Å²) < 4.78 is 19.2. The Hall–Kier alpha value is -1.92. The zero-order valence-electron chi connectivity index (χ0n) is 18.2. The lowest BCUT2D eigenvalue weighted by Gasteiger charge is -2.39. The number of ether oxygens (including phenoxy) is 1. The van der Waals surface area contributed by atoms with Crippen molar-refractivity contribution < 1.29 is 13.6 Å². The van der Waals surface area contributed by atoms with Gasteiger partial charge < -0.3 is 13.6 Å². The van der Waals surface area contributed by atoms with Gasteiger partial charge in [0, 0.05) is 5.56 Å². The average molecular weight is 413 g/mol. The van der Waals surface area contributed by atoms with Crippen molar-refractivity contribution in [2.45, 2.75) is 76.7 Å². The summed E-state index contributed by atoms with van der Waals surface area (Å²) in [6.45, 7) is 11.4. The van der Waals surface area contributed by atoms with Gasteiger partial charge in [0.1, 0.15) is 12.2 Å². The van der Waals surface area contributed by atoms with Gasteiger partial charge in [-0.2, -0.15) is 0 Å². The molecule has 0 saturated heterocycles. The molecule has 2 aliphatic rings. The zero-order chi connectivity index (χ0) is 20.7. The maximum Gasteiger partial charge on any atom is 0.240 e. The molecule has 1 fully saturated rings. The van der Waals surface area contributed by atoms with E-state index in [-0.39, 0.29) is 5.54 Å². The van der Waals surface area contributed by atoms with E-state index in [0.717, 1.165) is 37.0 Å². The van der Waals surface area contributed by atoms with Gasteiger partial charge in [0.25, 0.3) is 0 Å². The van der Waals surface area contributed by atoms with Gasteiger partial charge in [-0.3, -0.25) is 0 Å². The zero-order valence-corrected chi connectivity index (χ0v) is 19.2. The first-order chi connectivity index (χ1) is 13.7. The predicted molar refractivity (Wildman–Crippen MR) is 118 cm³/mol. The summed E-state index contributed by atoms with van der Waals surface area (Å²) in [4.78, 5) is 9.76. The standard InChI is InChI=1S/C23H32N2O3Si/c1-22(2)16-26-20(25-22)18-19(17-12-8-6-9-13-17)27-21(24-18)23(28-29(3,4)5)14-10-7-11-15-23/h6,8-9,12-13H,7,10-11,14-16H2,1-5H3. The van der Waals surface area contributed by atoms with E-state index >= 15 is 0 Å². The van der Waals surface area contributed by atoms with Crippen LogP contribution in [0.2, 0.25) is 19.6 Å². The highest BCUT2D eigenvalue weighted by molar-refractivity contribution is 6.69. The lowest BCUT2D eigenvalue weighted by atomic mass is 9.85. The summed E-state index contributed by atoms with van der Waals surface area (Å²) in [7, 11) is -1.80. The van der Waals surface area contributed by atoms with Crippen molar-refractivity contribution in [2.24, 2.45) is 4.99 Å². The summed E-state index contributed by atoms with van der Waals surface area (Å²) in [5.41, 5.74) is 0.982. The van der Waals surface area contributed by atoms with Gasteiger partial charge >= 0.3 is 0 Å². The minimum absolute atomic E-state index is 0.250. The van der Waals surface area contributed by atoms with Crippen LogP contribution in [0.15, 0.2) is 39.7 Å².